The van der Waals surface area contributed by atoms with Crippen LogP contribution in [0.1, 0.15) is 21.9 Å². The number of carboxylic acids is 1. The van der Waals surface area contributed by atoms with Crippen LogP contribution in [0.25, 0.3) is 0 Å². The van der Waals surface area contributed by atoms with E-state index >= 15 is 0 Å². The first kappa shape index (κ1) is 13.2. The quantitative estimate of drug-likeness (QED) is 0.834. The first-order valence-corrected chi connectivity index (χ1v) is 5.84. The van der Waals surface area contributed by atoms with Crippen LogP contribution in [0.5, 0.6) is 5.75 Å². The van der Waals surface area contributed by atoms with Crippen molar-refractivity contribution in [2.45, 2.75) is 13.1 Å². The number of carboxylic acid groups (broad SMARTS) is 1. The van der Waals surface area contributed by atoms with Gasteiger partial charge in [-0.1, -0.05) is 12.1 Å². The molecule has 0 spiro atoms. The van der Waals surface area contributed by atoms with Gasteiger partial charge in [0.2, 0.25) is 5.76 Å². The van der Waals surface area contributed by atoms with Crippen LogP contribution in [0.2, 0.25) is 0 Å². The van der Waals surface area contributed by atoms with Crippen LogP contribution in [0, 0.1) is 0 Å². The molecule has 0 atom stereocenters. The number of methoxy groups -OCH3 is 1. The number of hydrogen-bond acceptors (Lipinski definition) is 4. The van der Waals surface area contributed by atoms with Gasteiger partial charge in [-0.05, 0) is 29.8 Å². The van der Waals surface area contributed by atoms with Gasteiger partial charge in [0.25, 0.3) is 0 Å². The molecular weight excluding hydrogens is 246 g/mol. The van der Waals surface area contributed by atoms with Crippen molar-refractivity contribution in [3.05, 3.63) is 53.5 Å². The second-order valence-corrected chi connectivity index (χ2v) is 4.03. The third-order valence-corrected chi connectivity index (χ3v) is 2.63. The van der Waals surface area contributed by atoms with E-state index in [0.29, 0.717) is 18.8 Å². The van der Waals surface area contributed by atoms with Crippen LogP contribution >= 0.6 is 0 Å². The van der Waals surface area contributed by atoms with Gasteiger partial charge in [-0.2, -0.15) is 0 Å². The molecule has 0 amide bonds. The monoisotopic (exact) mass is 261 g/mol. The number of furan rings is 1. The largest absolute Gasteiger partial charge is 0.497 e. The van der Waals surface area contributed by atoms with E-state index in [1.165, 1.54) is 6.07 Å². The van der Waals surface area contributed by atoms with E-state index in [9.17, 15) is 4.79 Å². The van der Waals surface area contributed by atoms with Gasteiger partial charge in [-0.25, -0.2) is 4.79 Å². The minimum Gasteiger partial charge on any atom is -0.497 e. The van der Waals surface area contributed by atoms with Crippen LogP contribution in [-0.4, -0.2) is 18.2 Å². The standard InChI is InChI=1S/C14H15NO4/c1-18-11-4-2-3-10(7-11)8-15-9-12-5-6-13(19-12)14(16)17/h2-7,15H,8-9H2,1H3,(H,16,17). The second-order valence-electron chi connectivity index (χ2n) is 4.03. The third kappa shape index (κ3) is 3.59. The smallest absolute Gasteiger partial charge is 0.371 e. The zero-order valence-electron chi connectivity index (χ0n) is 10.6. The van der Waals surface area contributed by atoms with E-state index in [1.54, 1.807) is 13.2 Å². The molecule has 5 heteroatoms. The van der Waals surface area contributed by atoms with Crippen LogP contribution < -0.4 is 10.1 Å². The first-order valence-electron chi connectivity index (χ1n) is 5.84. The lowest BCUT2D eigenvalue weighted by Gasteiger charge is -2.05. The lowest BCUT2D eigenvalue weighted by atomic mass is 10.2. The predicted octanol–water partition coefficient (Wildman–Crippen LogP) is 2.28. The highest BCUT2D eigenvalue weighted by molar-refractivity contribution is 5.84. The molecule has 2 N–H and O–H groups in total. The minimum absolute atomic E-state index is 0.0434. The molecule has 1 aromatic carbocycles. The number of carbonyl (C=O) groups is 1. The second kappa shape index (κ2) is 6.06. The van der Waals surface area contributed by atoms with Gasteiger partial charge in [0, 0.05) is 6.54 Å². The Bertz CT molecular complexity index is 562. The zero-order valence-corrected chi connectivity index (χ0v) is 10.6. The molecule has 0 aliphatic carbocycles. The zero-order chi connectivity index (χ0) is 13.7. The number of ether oxygens (including phenoxy) is 1. The third-order valence-electron chi connectivity index (χ3n) is 2.63. The number of benzene rings is 1. The molecule has 2 aromatic rings. The molecule has 0 aliphatic rings. The molecule has 0 fully saturated rings. The van der Waals surface area contributed by atoms with Crippen LogP contribution in [0.3, 0.4) is 0 Å². The Balaban J connectivity index is 1.86. The van der Waals surface area contributed by atoms with Gasteiger partial charge in [0.1, 0.15) is 11.5 Å². The molecule has 0 saturated carbocycles. The SMILES string of the molecule is COc1cccc(CNCc2ccc(C(=O)O)o2)c1. The maximum Gasteiger partial charge on any atom is 0.371 e. The van der Waals surface area contributed by atoms with Crippen molar-refractivity contribution in [2.24, 2.45) is 0 Å². The molecule has 2 rings (SSSR count). The van der Waals surface area contributed by atoms with Crippen molar-refractivity contribution in [3.63, 3.8) is 0 Å². The fourth-order valence-corrected chi connectivity index (χ4v) is 1.70. The van der Waals surface area contributed by atoms with Crippen molar-refractivity contribution in [1.29, 1.82) is 0 Å². The maximum absolute atomic E-state index is 10.7. The van der Waals surface area contributed by atoms with E-state index < -0.39 is 5.97 Å². The predicted molar refractivity (Wildman–Crippen MR) is 69.2 cm³/mol. The number of nitrogens with one attached hydrogen (secondary N) is 1. The topological polar surface area (TPSA) is 71.7 Å². The normalized spacial score (nSPS) is 10.4. The summed E-state index contributed by atoms with van der Waals surface area (Å²) in [6.07, 6.45) is 0. The molecule has 100 valence electrons. The molecule has 5 nitrogen and oxygen atoms in total. The fourth-order valence-electron chi connectivity index (χ4n) is 1.70. The lowest BCUT2D eigenvalue weighted by Crippen LogP contribution is -2.12. The lowest BCUT2D eigenvalue weighted by molar-refractivity contribution is 0.0660. The summed E-state index contributed by atoms with van der Waals surface area (Å²) in [7, 11) is 1.63. The average Bonchev–Trinajstić information content (AvgIpc) is 2.88. The van der Waals surface area contributed by atoms with Crippen LogP contribution in [0.4, 0.5) is 0 Å². The molecule has 0 unspecified atom stereocenters. The van der Waals surface area contributed by atoms with E-state index in [-0.39, 0.29) is 5.76 Å². The van der Waals surface area contributed by atoms with Gasteiger partial charge in [0.05, 0.1) is 13.7 Å². The summed E-state index contributed by atoms with van der Waals surface area (Å²) in [6, 6.07) is 10.8. The van der Waals surface area contributed by atoms with Crippen molar-refractivity contribution in [3.8, 4) is 5.75 Å². The Morgan fingerprint density at radius 1 is 1.32 bits per heavy atom. The highest BCUT2D eigenvalue weighted by atomic mass is 16.5. The average molecular weight is 261 g/mol. The summed E-state index contributed by atoms with van der Waals surface area (Å²) in [5.41, 5.74) is 1.09. The fraction of sp³-hybridized carbons (Fsp3) is 0.214. The van der Waals surface area contributed by atoms with E-state index in [1.807, 2.05) is 24.3 Å². The van der Waals surface area contributed by atoms with Gasteiger partial charge >= 0.3 is 5.97 Å². The van der Waals surface area contributed by atoms with Crippen LogP contribution in [0.15, 0.2) is 40.8 Å². The highest BCUT2D eigenvalue weighted by Gasteiger charge is 2.08. The molecule has 0 aliphatic heterocycles. The van der Waals surface area contributed by atoms with Crippen molar-refractivity contribution in [2.75, 3.05) is 7.11 Å². The van der Waals surface area contributed by atoms with Crippen molar-refractivity contribution in [1.82, 2.24) is 5.32 Å². The highest BCUT2D eigenvalue weighted by Crippen LogP contribution is 2.13. The van der Waals surface area contributed by atoms with Gasteiger partial charge in [-0.3, -0.25) is 0 Å². The summed E-state index contributed by atoms with van der Waals surface area (Å²) in [5.74, 6) is 0.308. The Kier molecular flexibility index (Phi) is 4.20. The van der Waals surface area contributed by atoms with Crippen LogP contribution in [-0.2, 0) is 13.1 Å². The molecule has 1 heterocycles. The summed E-state index contributed by atoms with van der Waals surface area (Å²) >= 11 is 0. The number of rotatable bonds is 6. The van der Waals surface area contributed by atoms with E-state index in [4.69, 9.17) is 14.3 Å². The summed E-state index contributed by atoms with van der Waals surface area (Å²) in [4.78, 5) is 10.7. The molecule has 0 saturated heterocycles. The molecular formula is C14H15NO4. The summed E-state index contributed by atoms with van der Waals surface area (Å²) < 4.78 is 10.3. The Labute approximate surface area is 110 Å². The Morgan fingerprint density at radius 2 is 2.16 bits per heavy atom. The maximum atomic E-state index is 10.7. The molecule has 1 aromatic heterocycles. The van der Waals surface area contributed by atoms with Gasteiger partial charge < -0.3 is 19.6 Å². The molecule has 0 bridgehead atoms. The number of hydrogen-bond donors (Lipinski definition) is 2. The Morgan fingerprint density at radius 3 is 2.84 bits per heavy atom. The Hall–Kier alpha value is -2.27. The minimum atomic E-state index is -1.06. The molecule has 0 radical (unpaired) electrons. The summed E-state index contributed by atoms with van der Waals surface area (Å²) in [5, 5.41) is 11.9. The van der Waals surface area contributed by atoms with Gasteiger partial charge in [-0.15, -0.1) is 0 Å². The number of aromatic carboxylic acids is 1. The summed E-state index contributed by atoms with van der Waals surface area (Å²) in [6.45, 7) is 1.13. The van der Waals surface area contributed by atoms with Gasteiger partial charge in [0.15, 0.2) is 0 Å². The first-order chi connectivity index (χ1) is 9.19. The van der Waals surface area contributed by atoms with Crippen molar-refractivity contribution < 1.29 is 19.1 Å². The molecule has 19 heavy (non-hydrogen) atoms. The van der Waals surface area contributed by atoms with E-state index in [0.717, 1.165) is 11.3 Å². The van der Waals surface area contributed by atoms with Crippen molar-refractivity contribution >= 4 is 5.97 Å². The van der Waals surface area contributed by atoms with E-state index in [2.05, 4.69) is 5.32 Å².